The predicted octanol–water partition coefficient (Wildman–Crippen LogP) is 3.25. The second-order valence-corrected chi connectivity index (χ2v) is 6.17. The van der Waals surface area contributed by atoms with Crippen LogP contribution in [0, 0.1) is 5.82 Å². The lowest BCUT2D eigenvalue weighted by Crippen LogP contribution is -2.38. The van der Waals surface area contributed by atoms with Crippen LogP contribution in [0.2, 0.25) is 0 Å². The zero-order chi connectivity index (χ0) is 16.2. The third-order valence-electron chi connectivity index (χ3n) is 4.46. The lowest BCUT2D eigenvalue weighted by Gasteiger charge is -2.36. The van der Waals surface area contributed by atoms with Gasteiger partial charge in [-0.15, -0.1) is 0 Å². The predicted molar refractivity (Wildman–Crippen MR) is 86.2 cm³/mol. The van der Waals surface area contributed by atoms with Gasteiger partial charge in [0.1, 0.15) is 5.82 Å². The highest BCUT2D eigenvalue weighted by molar-refractivity contribution is 5.77. The van der Waals surface area contributed by atoms with Crippen LogP contribution in [0.5, 0.6) is 0 Å². The van der Waals surface area contributed by atoms with E-state index < -0.39 is 0 Å². The first-order valence-corrected chi connectivity index (χ1v) is 8.16. The molecule has 1 saturated heterocycles. The molecule has 1 aliphatic heterocycles. The van der Waals surface area contributed by atoms with Gasteiger partial charge in [0.2, 0.25) is 5.91 Å². The first-order chi connectivity index (χ1) is 11.1. The second-order valence-electron chi connectivity index (χ2n) is 6.17. The highest BCUT2D eigenvalue weighted by Gasteiger charge is 2.27. The molecule has 2 aromatic rings. The number of rotatable bonds is 4. The highest BCUT2D eigenvalue weighted by Crippen LogP contribution is 2.31. The molecule has 0 aliphatic carbocycles. The third-order valence-corrected chi connectivity index (χ3v) is 4.46. The van der Waals surface area contributed by atoms with Gasteiger partial charge in [-0.05, 0) is 48.9 Å². The molecule has 5 heteroatoms. The van der Waals surface area contributed by atoms with Crippen molar-refractivity contribution < 1.29 is 9.18 Å². The maximum absolute atomic E-state index is 13.1. The fraction of sp³-hybridized carbons (Fsp3) is 0.444. The summed E-state index contributed by atoms with van der Waals surface area (Å²) in [5.74, 6) is -0.0677. The van der Waals surface area contributed by atoms with Crippen LogP contribution in [0.1, 0.15) is 42.9 Å². The van der Waals surface area contributed by atoms with E-state index in [0.29, 0.717) is 12.8 Å². The highest BCUT2D eigenvalue weighted by atomic mass is 19.1. The molecule has 0 N–H and O–H groups in total. The molecule has 23 heavy (non-hydrogen) atoms. The molecule has 0 saturated carbocycles. The quantitative estimate of drug-likeness (QED) is 0.868. The Hall–Kier alpha value is -2.17. The van der Waals surface area contributed by atoms with Gasteiger partial charge in [-0.1, -0.05) is 12.1 Å². The minimum atomic E-state index is -0.237. The Morgan fingerprint density at radius 1 is 1.30 bits per heavy atom. The van der Waals surface area contributed by atoms with Crippen molar-refractivity contribution in [2.45, 2.75) is 38.1 Å². The number of amides is 1. The van der Waals surface area contributed by atoms with Gasteiger partial charge in [-0.3, -0.25) is 9.48 Å². The van der Waals surface area contributed by atoms with E-state index in [9.17, 15) is 9.18 Å². The van der Waals surface area contributed by atoms with Crippen molar-refractivity contribution in [2.24, 2.45) is 7.05 Å². The summed E-state index contributed by atoms with van der Waals surface area (Å²) in [6.45, 7) is 0.786. The molecular formula is C18H22FN3O. The SMILES string of the molecule is Cn1cc(CCC(=O)N2CCCC[C@@H]2c2ccc(F)cc2)cn1. The number of halogens is 1. The number of carbonyl (C=O) groups excluding carboxylic acids is 1. The molecule has 1 fully saturated rings. The second kappa shape index (κ2) is 6.94. The molecule has 0 unspecified atom stereocenters. The molecule has 1 aromatic carbocycles. The summed E-state index contributed by atoms with van der Waals surface area (Å²) in [6.07, 6.45) is 8.04. The molecule has 4 nitrogen and oxygen atoms in total. The minimum absolute atomic E-state index is 0.0748. The van der Waals surface area contributed by atoms with Gasteiger partial charge in [-0.2, -0.15) is 5.10 Å². The fourth-order valence-corrected chi connectivity index (χ4v) is 3.26. The van der Waals surface area contributed by atoms with Crippen molar-refractivity contribution in [3.63, 3.8) is 0 Å². The normalized spacial score (nSPS) is 18.2. The summed E-state index contributed by atoms with van der Waals surface area (Å²) in [5.41, 5.74) is 2.11. The monoisotopic (exact) mass is 315 g/mol. The van der Waals surface area contributed by atoms with Crippen molar-refractivity contribution >= 4 is 5.91 Å². The van der Waals surface area contributed by atoms with Gasteiger partial charge >= 0.3 is 0 Å². The Kier molecular flexibility index (Phi) is 4.74. The van der Waals surface area contributed by atoms with Crippen molar-refractivity contribution in [3.8, 4) is 0 Å². The van der Waals surface area contributed by atoms with E-state index in [4.69, 9.17) is 0 Å². The number of benzene rings is 1. The van der Waals surface area contributed by atoms with Gasteiger partial charge < -0.3 is 4.90 Å². The minimum Gasteiger partial charge on any atom is -0.336 e. The summed E-state index contributed by atoms with van der Waals surface area (Å²) < 4.78 is 14.9. The number of likely N-dealkylation sites (tertiary alicyclic amines) is 1. The largest absolute Gasteiger partial charge is 0.336 e. The molecule has 1 aromatic heterocycles. The standard InChI is InChI=1S/C18H22FN3O/c1-21-13-14(12-20-21)5-10-18(23)22-11-3-2-4-17(22)15-6-8-16(19)9-7-15/h6-9,12-13,17H,2-5,10-11H2,1H3/t17-/m1/s1. The van der Waals surface area contributed by atoms with Gasteiger partial charge in [-0.25, -0.2) is 4.39 Å². The molecule has 1 aliphatic rings. The number of aryl methyl sites for hydroxylation is 2. The van der Waals surface area contributed by atoms with Crippen molar-refractivity contribution in [1.29, 1.82) is 0 Å². The van der Waals surface area contributed by atoms with Crippen LogP contribution >= 0.6 is 0 Å². The first-order valence-electron chi connectivity index (χ1n) is 8.16. The lowest BCUT2D eigenvalue weighted by molar-refractivity contribution is -0.135. The Balaban J connectivity index is 1.67. The van der Waals surface area contributed by atoms with Gasteiger partial charge in [0.05, 0.1) is 12.2 Å². The molecule has 3 rings (SSSR count). The van der Waals surface area contributed by atoms with Crippen LogP contribution < -0.4 is 0 Å². The van der Waals surface area contributed by atoms with Gasteiger partial charge in [0.25, 0.3) is 0 Å². The average Bonchev–Trinajstić information content (AvgIpc) is 2.99. The van der Waals surface area contributed by atoms with Gasteiger partial charge in [0, 0.05) is 26.2 Å². The lowest BCUT2D eigenvalue weighted by atomic mass is 9.94. The van der Waals surface area contributed by atoms with Crippen LogP contribution in [0.25, 0.3) is 0 Å². The first kappa shape index (κ1) is 15.7. The number of hydrogen-bond acceptors (Lipinski definition) is 2. The van der Waals surface area contributed by atoms with E-state index in [1.165, 1.54) is 12.1 Å². The number of carbonyl (C=O) groups is 1. The fourth-order valence-electron chi connectivity index (χ4n) is 3.26. The summed E-state index contributed by atoms with van der Waals surface area (Å²) in [5, 5.41) is 4.13. The van der Waals surface area contributed by atoms with Crippen LogP contribution in [-0.2, 0) is 18.3 Å². The van der Waals surface area contributed by atoms with Crippen LogP contribution in [0.4, 0.5) is 4.39 Å². The molecule has 0 bridgehead atoms. The van der Waals surface area contributed by atoms with Crippen molar-refractivity contribution in [3.05, 3.63) is 53.6 Å². The zero-order valence-corrected chi connectivity index (χ0v) is 13.4. The van der Waals surface area contributed by atoms with E-state index in [2.05, 4.69) is 5.10 Å². The van der Waals surface area contributed by atoms with E-state index in [1.54, 1.807) is 23.0 Å². The number of nitrogens with zero attached hydrogens (tertiary/aromatic N) is 3. The van der Waals surface area contributed by atoms with Crippen LogP contribution in [0.3, 0.4) is 0 Å². The van der Waals surface area contributed by atoms with Gasteiger partial charge in [0.15, 0.2) is 0 Å². The topological polar surface area (TPSA) is 38.1 Å². The Morgan fingerprint density at radius 2 is 2.09 bits per heavy atom. The van der Waals surface area contributed by atoms with Crippen LogP contribution in [-0.4, -0.2) is 27.1 Å². The Morgan fingerprint density at radius 3 is 2.78 bits per heavy atom. The van der Waals surface area contributed by atoms with Crippen LogP contribution in [0.15, 0.2) is 36.7 Å². The number of hydrogen-bond donors (Lipinski definition) is 0. The zero-order valence-electron chi connectivity index (χ0n) is 13.4. The summed E-state index contributed by atoms with van der Waals surface area (Å²) in [4.78, 5) is 14.6. The van der Waals surface area contributed by atoms with Crippen molar-refractivity contribution in [2.75, 3.05) is 6.54 Å². The smallest absolute Gasteiger partial charge is 0.223 e. The van der Waals surface area contributed by atoms with E-state index in [0.717, 1.165) is 36.9 Å². The molecule has 0 radical (unpaired) electrons. The average molecular weight is 315 g/mol. The third kappa shape index (κ3) is 3.78. The molecular weight excluding hydrogens is 293 g/mol. The summed E-state index contributed by atoms with van der Waals surface area (Å²) >= 11 is 0. The Bertz CT molecular complexity index is 665. The molecule has 1 amide bonds. The Labute approximate surface area is 135 Å². The number of piperidine rings is 1. The van der Waals surface area contributed by atoms with E-state index in [-0.39, 0.29) is 17.8 Å². The van der Waals surface area contributed by atoms with E-state index in [1.807, 2.05) is 18.1 Å². The molecule has 2 heterocycles. The maximum atomic E-state index is 13.1. The maximum Gasteiger partial charge on any atom is 0.223 e. The molecule has 122 valence electrons. The van der Waals surface area contributed by atoms with E-state index >= 15 is 0 Å². The molecule has 0 spiro atoms. The molecule has 1 atom stereocenters. The van der Waals surface area contributed by atoms with Crippen molar-refractivity contribution in [1.82, 2.24) is 14.7 Å². The summed E-state index contributed by atoms with van der Waals surface area (Å²) in [6, 6.07) is 6.62. The number of aromatic nitrogens is 2. The summed E-state index contributed by atoms with van der Waals surface area (Å²) in [7, 11) is 1.88.